The van der Waals surface area contributed by atoms with Crippen LogP contribution in [0.5, 0.6) is 5.75 Å². The van der Waals surface area contributed by atoms with E-state index in [2.05, 4.69) is 11.9 Å². The highest BCUT2D eigenvalue weighted by molar-refractivity contribution is 6.07. The first kappa shape index (κ1) is 16.2. The normalized spacial score (nSPS) is 10.5. The molecule has 0 aliphatic carbocycles. The third-order valence-electron chi connectivity index (χ3n) is 3.53. The van der Waals surface area contributed by atoms with Crippen molar-refractivity contribution in [1.29, 1.82) is 0 Å². The summed E-state index contributed by atoms with van der Waals surface area (Å²) in [5, 5.41) is 0. The summed E-state index contributed by atoms with van der Waals surface area (Å²) < 4.78 is 5.69. The van der Waals surface area contributed by atoms with Crippen LogP contribution in [0.25, 0.3) is 0 Å². The van der Waals surface area contributed by atoms with E-state index < -0.39 is 0 Å². The van der Waals surface area contributed by atoms with Crippen LogP contribution < -0.4 is 4.74 Å². The minimum Gasteiger partial charge on any atom is -0.494 e. The Hall–Kier alpha value is -2.16. The van der Waals surface area contributed by atoms with E-state index in [0.717, 1.165) is 24.3 Å². The molecule has 3 heteroatoms. The Morgan fingerprint density at radius 3 is 2.55 bits per heavy atom. The molecule has 0 aliphatic heterocycles. The van der Waals surface area contributed by atoms with Crippen molar-refractivity contribution in [2.45, 2.75) is 39.5 Å². The van der Waals surface area contributed by atoms with Crippen molar-refractivity contribution in [3.05, 3.63) is 59.4 Å². The van der Waals surface area contributed by atoms with Crippen LogP contribution in [0.3, 0.4) is 0 Å². The Morgan fingerprint density at radius 1 is 1.09 bits per heavy atom. The van der Waals surface area contributed by atoms with Crippen LogP contribution in [0.2, 0.25) is 0 Å². The van der Waals surface area contributed by atoms with Gasteiger partial charge in [-0.15, -0.1) is 0 Å². The fourth-order valence-corrected chi connectivity index (χ4v) is 2.23. The van der Waals surface area contributed by atoms with Gasteiger partial charge in [-0.25, -0.2) is 0 Å². The molecule has 0 N–H and O–H groups in total. The van der Waals surface area contributed by atoms with E-state index in [1.54, 1.807) is 24.4 Å². The average molecular weight is 297 g/mol. The lowest BCUT2D eigenvalue weighted by Gasteiger charge is -2.07. The van der Waals surface area contributed by atoms with E-state index in [-0.39, 0.29) is 5.78 Å². The maximum absolute atomic E-state index is 12.3. The van der Waals surface area contributed by atoms with Crippen LogP contribution in [0.1, 0.15) is 54.2 Å². The molecule has 0 amide bonds. The monoisotopic (exact) mass is 297 g/mol. The standard InChI is InChI=1S/C19H23NO2/c1-3-4-5-6-13-22-17-9-7-16(8-10-17)19(21)18-14-15(2)11-12-20-18/h7-12,14H,3-6,13H2,1-2H3. The smallest absolute Gasteiger partial charge is 0.211 e. The van der Waals surface area contributed by atoms with Crippen molar-refractivity contribution >= 4 is 5.78 Å². The van der Waals surface area contributed by atoms with Gasteiger partial charge in [0.2, 0.25) is 5.78 Å². The van der Waals surface area contributed by atoms with Gasteiger partial charge in [0.05, 0.1) is 6.61 Å². The topological polar surface area (TPSA) is 39.2 Å². The molecule has 0 bridgehead atoms. The van der Waals surface area contributed by atoms with Gasteiger partial charge in [-0.2, -0.15) is 0 Å². The second-order valence-electron chi connectivity index (χ2n) is 5.48. The van der Waals surface area contributed by atoms with Crippen molar-refractivity contribution in [2.75, 3.05) is 6.61 Å². The molecular formula is C19H23NO2. The largest absolute Gasteiger partial charge is 0.494 e. The van der Waals surface area contributed by atoms with E-state index in [9.17, 15) is 4.79 Å². The Kier molecular flexibility index (Phi) is 6.13. The van der Waals surface area contributed by atoms with E-state index in [1.165, 1.54) is 19.3 Å². The van der Waals surface area contributed by atoms with Crippen LogP contribution >= 0.6 is 0 Å². The number of pyridine rings is 1. The first-order chi connectivity index (χ1) is 10.7. The van der Waals surface area contributed by atoms with E-state index in [0.29, 0.717) is 11.3 Å². The van der Waals surface area contributed by atoms with Gasteiger partial charge < -0.3 is 4.74 Å². The zero-order chi connectivity index (χ0) is 15.8. The molecule has 0 aliphatic rings. The molecule has 0 saturated carbocycles. The number of rotatable bonds is 8. The van der Waals surface area contributed by atoms with Crippen LogP contribution in [-0.2, 0) is 0 Å². The number of aryl methyl sites for hydroxylation is 1. The minimum absolute atomic E-state index is 0.0572. The predicted molar refractivity (Wildman–Crippen MR) is 88.5 cm³/mol. The van der Waals surface area contributed by atoms with E-state index in [4.69, 9.17) is 4.74 Å². The first-order valence-corrected chi connectivity index (χ1v) is 7.91. The zero-order valence-electron chi connectivity index (χ0n) is 13.3. The number of carbonyl (C=O) groups excluding carboxylic acids is 1. The molecule has 0 saturated heterocycles. The number of ether oxygens (including phenoxy) is 1. The molecular weight excluding hydrogens is 274 g/mol. The highest BCUT2D eigenvalue weighted by Crippen LogP contribution is 2.15. The number of carbonyl (C=O) groups is 1. The Bertz CT molecular complexity index is 605. The molecule has 0 atom stereocenters. The fourth-order valence-electron chi connectivity index (χ4n) is 2.23. The molecule has 116 valence electrons. The number of nitrogens with zero attached hydrogens (tertiary/aromatic N) is 1. The Morgan fingerprint density at radius 2 is 1.86 bits per heavy atom. The summed E-state index contributed by atoms with van der Waals surface area (Å²) in [6.07, 6.45) is 6.41. The van der Waals surface area contributed by atoms with Crippen LogP contribution in [0.15, 0.2) is 42.6 Å². The van der Waals surface area contributed by atoms with Gasteiger partial charge in [0.15, 0.2) is 0 Å². The van der Waals surface area contributed by atoms with Crippen molar-refractivity contribution in [3.8, 4) is 5.75 Å². The minimum atomic E-state index is -0.0572. The summed E-state index contributed by atoms with van der Waals surface area (Å²) in [5.41, 5.74) is 2.15. The van der Waals surface area contributed by atoms with Gasteiger partial charge >= 0.3 is 0 Å². The number of hydrogen-bond acceptors (Lipinski definition) is 3. The molecule has 22 heavy (non-hydrogen) atoms. The summed E-state index contributed by atoms with van der Waals surface area (Å²) >= 11 is 0. The summed E-state index contributed by atoms with van der Waals surface area (Å²) in [7, 11) is 0. The van der Waals surface area contributed by atoms with Gasteiger partial charge in [0.1, 0.15) is 11.4 Å². The van der Waals surface area contributed by atoms with Crippen LogP contribution in [0.4, 0.5) is 0 Å². The molecule has 3 nitrogen and oxygen atoms in total. The highest BCUT2D eigenvalue weighted by atomic mass is 16.5. The molecule has 1 heterocycles. The second kappa shape index (κ2) is 8.32. The molecule has 0 spiro atoms. The lowest BCUT2D eigenvalue weighted by atomic mass is 10.1. The summed E-state index contributed by atoms with van der Waals surface area (Å²) in [6.45, 7) is 4.88. The molecule has 0 fully saturated rings. The fraction of sp³-hybridized carbons (Fsp3) is 0.368. The van der Waals surface area contributed by atoms with Gasteiger partial charge in [-0.1, -0.05) is 26.2 Å². The Labute approximate surface area is 132 Å². The first-order valence-electron chi connectivity index (χ1n) is 7.91. The molecule has 2 aromatic rings. The Balaban J connectivity index is 1.92. The van der Waals surface area contributed by atoms with Crippen molar-refractivity contribution in [1.82, 2.24) is 4.98 Å². The quantitative estimate of drug-likeness (QED) is 0.529. The lowest BCUT2D eigenvalue weighted by molar-refractivity contribution is 0.103. The molecule has 0 unspecified atom stereocenters. The van der Waals surface area contributed by atoms with E-state index >= 15 is 0 Å². The third kappa shape index (κ3) is 4.69. The van der Waals surface area contributed by atoms with Crippen LogP contribution in [-0.4, -0.2) is 17.4 Å². The molecule has 2 rings (SSSR count). The van der Waals surface area contributed by atoms with Crippen molar-refractivity contribution in [3.63, 3.8) is 0 Å². The SMILES string of the molecule is CCCCCCOc1ccc(C(=O)c2cc(C)ccn2)cc1. The predicted octanol–water partition coefficient (Wildman–Crippen LogP) is 4.58. The van der Waals surface area contributed by atoms with Gasteiger partial charge in [-0.3, -0.25) is 9.78 Å². The summed E-state index contributed by atoms with van der Waals surface area (Å²) in [4.78, 5) is 16.5. The number of benzene rings is 1. The average Bonchev–Trinajstić information content (AvgIpc) is 2.54. The number of aromatic nitrogens is 1. The maximum atomic E-state index is 12.3. The zero-order valence-corrected chi connectivity index (χ0v) is 13.3. The molecule has 0 radical (unpaired) electrons. The van der Waals surface area contributed by atoms with Crippen molar-refractivity contribution in [2.24, 2.45) is 0 Å². The molecule has 1 aromatic carbocycles. The number of ketones is 1. The number of hydrogen-bond donors (Lipinski definition) is 0. The summed E-state index contributed by atoms with van der Waals surface area (Å²) in [5.74, 6) is 0.753. The van der Waals surface area contributed by atoms with Crippen LogP contribution in [0, 0.1) is 6.92 Å². The highest BCUT2D eigenvalue weighted by Gasteiger charge is 2.10. The van der Waals surface area contributed by atoms with E-state index in [1.807, 2.05) is 25.1 Å². The second-order valence-corrected chi connectivity index (χ2v) is 5.48. The summed E-state index contributed by atoms with van der Waals surface area (Å²) in [6, 6.07) is 11.0. The van der Waals surface area contributed by atoms with Gasteiger partial charge in [0, 0.05) is 11.8 Å². The number of unbranched alkanes of at least 4 members (excludes halogenated alkanes) is 3. The van der Waals surface area contributed by atoms with Crippen molar-refractivity contribution < 1.29 is 9.53 Å². The third-order valence-corrected chi connectivity index (χ3v) is 3.53. The molecule has 1 aromatic heterocycles. The lowest BCUT2D eigenvalue weighted by Crippen LogP contribution is -2.04. The maximum Gasteiger partial charge on any atom is 0.211 e. The van der Waals surface area contributed by atoms with Gasteiger partial charge in [0.25, 0.3) is 0 Å². The van der Waals surface area contributed by atoms with Gasteiger partial charge in [-0.05, 0) is 55.3 Å².